The molecule has 4 heterocycles. The summed E-state index contributed by atoms with van der Waals surface area (Å²) in [6.45, 7) is 4.05. The van der Waals surface area contributed by atoms with Crippen molar-refractivity contribution in [1.82, 2.24) is 30.1 Å². The van der Waals surface area contributed by atoms with Gasteiger partial charge in [0.15, 0.2) is 5.82 Å². The van der Waals surface area contributed by atoms with Crippen LogP contribution < -0.4 is 15.2 Å². The van der Waals surface area contributed by atoms with Crippen LogP contribution in [0.25, 0.3) is 10.9 Å². The molecule has 0 radical (unpaired) electrons. The topological polar surface area (TPSA) is 101 Å². The summed E-state index contributed by atoms with van der Waals surface area (Å²) in [4.78, 5) is 21.0. The first-order valence-electron chi connectivity index (χ1n) is 12.9. The molecule has 38 heavy (non-hydrogen) atoms. The zero-order chi connectivity index (χ0) is 26.1. The van der Waals surface area contributed by atoms with Gasteiger partial charge in [-0.1, -0.05) is 0 Å². The third kappa shape index (κ3) is 4.86. The zero-order valence-electron chi connectivity index (χ0n) is 21.2. The van der Waals surface area contributed by atoms with Gasteiger partial charge in [-0.2, -0.15) is 0 Å². The van der Waals surface area contributed by atoms with E-state index in [9.17, 15) is 9.18 Å². The number of piperazine rings is 1. The van der Waals surface area contributed by atoms with Gasteiger partial charge in [0.25, 0.3) is 5.56 Å². The summed E-state index contributed by atoms with van der Waals surface area (Å²) < 4.78 is 26.5. The van der Waals surface area contributed by atoms with Crippen molar-refractivity contribution in [3.63, 3.8) is 0 Å². The van der Waals surface area contributed by atoms with E-state index in [1.807, 2.05) is 24.3 Å². The SMILES string of the molecule is COc1ccc2[nH]c(=O)c([C@@H](c3nnnn3C[C@H]3CCCO3)N3CCN(c4ccc(F)cc4)CC3)cc2c1. The van der Waals surface area contributed by atoms with Gasteiger partial charge in [0, 0.05) is 54.9 Å². The molecule has 0 unspecified atom stereocenters. The fourth-order valence-corrected chi connectivity index (χ4v) is 5.44. The molecule has 2 aliphatic heterocycles. The number of pyridine rings is 1. The van der Waals surface area contributed by atoms with Crippen molar-refractivity contribution in [3.8, 4) is 5.75 Å². The summed E-state index contributed by atoms with van der Waals surface area (Å²) >= 11 is 0. The number of nitrogens with zero attached hydrogens (tertiary/aromatic N) is 6. The van der Waals surface area contributed by atoms with Crippen molar-refractivity contribution in [1.29, 1.82) is 0 Å². The lowest BCUT2D eigenvalue weighted by atomic mass is 10.0. The van der Waals surface area contributed by atoms with Crippen molar-refractivity contribution in [3.05, 3.63) is 76.1 Å². The summed E-state index contributed by atoms with van der Waals surface area (Å²) in [6.07, 6.45) is 2.02. The van der Waals surface area contributed by atoms with Gasteiger partial charge in [-0.05, 0) is 71.8 Å². The number of aromatic amines is 1. The quantitative estimate of drug-likeness (QED) is 0.398. The molecule has 2 saturated heterocycles. The highest BCUT2D eigenvalue weighted by Gasteiger charge is 2.33. The number of hydrogen-bond donors (Lipinski definition) is 1. The highest BCUT2D eigenvalue weighted by Crippen LogP contribution is 2.30. The van der Waals surface area contributed by atoms with Crippen molar-refractivity contribution in [2.75, 3.05) is 44.8 Å². The van der Waals surface area contributed by atoms with E-state index in [0.29, 0.717) is 36.8 Å². The van der Waals surface area contributed by atoms with E-state index in [0.717, 1.165) is 49.1 Å². The molecular weight excluding hydrogens is 489 g/mol. The molecule has 0 bridgehead atoms. The molecule has 198 valence electrons. The van der Waals surface area contributed by atoms with Gasteiger partial charge in [-0.15, -0.1) is 5.10 Å². The lowest BCUT2D eigenvalue weighted by Gasteiger charge is -2.39. The molecule has 1 N–H and O–H groups in total. The van der Waals surface area contributed by atoms with Crippen molar-refractivity contribution < 1.29 is 13.9 Å². The number of nitrogens with one attached hydrogen (secondary N) is 1. The van der Waals surface area contributed by atoms with Crippen LogP contribution in [-0.4, -0.2) is 76.1 Å². The molecule has 11 heteroatoms. The zero-order valence-corrected chi connectivity index (χ0v) is 21.2. The summed E-state index contributed by atoms with van der Waals surface area (Å²) in [6, 6.07) is 13.6. The molecule has 2 fully saturated rings. The van der Waals surface area contributed by atoms with Crippen molar-refractivity contribution >= 4 is 16.6 Å². The Kier molecular flexibility index (Phi) is 6.77. The average Bonchev–Trinajstić information content (AvgIpc) is 3.63. The van der Waals surface area contributed by atoms with Crippen LogP contribution in [0.3, 0.4) is 0 Å². The fourth-order valence-electron chi connectivity index (χ4n) is 5.44. The van der Waals surface area contributed by atoms with E-state index in [4.69, 9.17) is 9.47 Å². The maximum Gasteiger partial charge on any atom is 0.253 e. The monoisotopic (exact) mass is 519 g/mol. The Bertz CT molecular complexity index is 1460. The molecule has 2 atom stereocenters. The van der Waals surface area contributed by atoms with E-state index in [1.165, 1.54) is 12.1 Å². The lowest BCUT2D eigenvalue weighted by molar-refractivity contribution is 0.0906. The van der Waals surface area contributed by atoms with Gasteiger partial charge in [-0.3, -0.25) is 9.69 Å². The van der Waals surface area contributed by atoms with Crippen molar-refractivity contribution in [2.24, 2.45) is 0 Å². The van der Waals surface area contributed by atoms with Crippen LogP contribution in [0.4, 0.5) is 10.1 Å². The normalized spacial score (nSPS) is 19.2. The molecule has 10 nitrogen and oxygen atoms in total. The van der Waals surface area contributed by atoms with Crippen LogP contribution in [0.2, 0.25) is 0 Å². The third-order valence-corrected chi connectivity index (χ3v) is 7.45. The first-order chi connectivity index (χ1) is 18.6. The number of H-pyrrole nitrogens is 1. The minimum Gasteiger partial charge on any atom is -0.497 e. The van der Waals surface area contributed by atoms with Crippen LogP contribution >= 0.6 is 0 Å². The minimum atomic E-state index is -0.457. The molecule has 2 aliphatic rings. The summed E-state index contributed by atoms with van der Waals surface area (Å²) in [5.74, 6) is 1.07. The lowest BCUT2D eigenvalue weighted by Crippen LogP contribution is -2.49. The fraction of sp³-hybridized carbons (Fsp3) is 0.407. The second kappa shape index (κ2) is 10.5. The number of tetrazole rings is 1. The Hall–Kier alpha value is -3.83. The van der Waals surface area contributed by atoms with Crippen LogP contribution in [-0.2, 0) is 11.3 Å². The van der Waals surface area contributed by atoms with Crippen LogP contribution in [0.5, 0.6) is 5.75 Å². The van der Waals surface area contributed by atoms with Gasteiger partial charge in [0.05, 0.1) is 19.8 Å². The third-order valence-electron chi connectivity index (χ3n) is 7.45. The Morgan fingerprint density at radius 2 is 1.95 bits per heavy atom. The number of ether oxygens (including phenoxy) is 2. The molecule has 2 aromatic carbocycles. The molecule has 0 amide bonds. The maximum atomic E-state index is 13.5. The summed E-state index contributed by atoms with van der Waals surface area (Å²) in [7, 11) is 1.62. The maximum absolute atomic E-state index is 13.5. The van der Waals surface area contributed by atoms with Gasteiger partial charge in [0.2, 0.25) is 0 Å². The van der Waals surface area contributed by atoms with Crippen LogP contribution in [0, 0.1) is 5.82 Å². The first kappa shape index (κ1) is 24.5. The Morgan fingerprint density at radius 1 is 1.13 bits per heavy atom. The summed E-state index contributed by atoms with van der Waals surface area (Å²) in [5, 5.41) is 13.6. The highest BCUT2D eigenvalue weighted by atomic mass is 19.1. The smallest absolute Gasteiger partial charge is 0.253 e. The van der Waals surface area contributed by atoms with Crippen LogP contribution in [0.15, 0.2) is 53.3 Å². The number of aromatic nitrogens is 5. The average molecular weight is 520 g/mol. The number of methoxy groups -OCH3 is 1. The van der Waals surface area contributed by atoms with E-state index in [1.54, 1.807) is 23.9 Å². The number of anilines is 1. The number of halogens is 1. The predicted molar refractivity (Wildman–Crippen MR) is 140 cm³/mol. The Labute approximate surface area is 219 Å². The molecule has 4 aromatic rings. The van der Waals surface area contributed by atoms with Gasteiger partial charge < -0.3 is 19.4 Å². The highest BCUT2D eigenvalue weighted by molar-refractivity contribution is 5.80. The van der Waals surface area contributed by atoms with E-state index < -0.39 is 6.04 Å². The van der Waals surface area contributed by atoms with Crippen LogP contribution in [0.1, 0.15) is 30.3 Å². The molecule has 2 aromatic heterocycles. The molecule has 0 saturated carbocycles. The summed E-state index contributed by atoms with van der Waals surface area (Å²) in [5.41, 5.74) is 2.10. The van der Waals surface area contributed by atoms with Gasteiger partial charge in [-0.25, -0.2) is 9.07 Å². The van der Waals surface area contributed by atoms with Gasteiger partial charge in [0.1, 0.15) is 17.6 Å². The second-order valence-electron chi connectivity index (χ2n) is 9.76. The minimum absolute atomic E-state index is 0.0485. The molecule has 0 aliphatic carbocycles. The predicted octanol–water partition coefficient (Wildman–Crippen LogP) is 2.75. The van der Waals surface area contributed by atoms with Gasteiger partial charge >= 0.3 is 0 Å². The Morgan fingerprint density at radius 3 is 2.68 bits per heavy atom. The second-order valence-corrected chi connectivity index (χ2v) is 9.76. The first-order valence-corrected chi connectivity index (χ1v) is 12.9. The number of hydrogen-bond acceptors (Lipinski definition) is 8. The largest absolute Gasteiger partial charge is 0.497 e. The molecular formula is C27H30FN7O3. The number of rotatable bonds is 7. The Balaban J connectivity index is 1.36. The van der Waals surface area contributed by atoms with E-state index in [2.05, 4.69) is 30.3 Å². The van der Waals surface area contributed by atoms with E-state index >= 15 is 0 Å². The number of fused-ring (bicyclic) bond motifs is 1. The standard InChI is InChI=1S/C27H30FN7O3/c1-37-21-8-9-24-18(15-21)16-23(27(36)29-24)25(26-30-31-32-35(26)17-22-3-2-14-38-22)34-12-10-33(11-13-34)20-6-4-19(28)5-7-20/h4-9,15-16,22,25H,2-3,10-14,17H2,1H3,(H,29,36)/t22-,25+/m1/s1. The molecule has 0 spiro atoms. The number of benzene rings is 2. The molecule has 6 rings (SSSR count). The van der Waals surface area contributed by atoms with Crippen molar-refractivity contribution in [2.45, 2.75) is 31.5 Å². The van der Waals surface area contributed by atoms with E-state index in [-0.39, 0.29) is 17.5 Å².